The van der Waals surface area contributed by atoms with Crippen molar-refractivity contribution >= 4 is 6.03 Å². The highest BCUT2D eigenvalue weighted by molar-refractivity contribution is 5.74. The van der Waals surface area contributed by atoms with Crippen LogP contribution in [0.25, 0.3) is 0 Å². The third kappa shape index (κ3) is 4.52. The molecule has 0 saturated carbocycles. The molecule has 0 radical (unpaired) electrons. The maximum absolute atomic E-state index is 12.9. The third-order valence-electron chi connectivity index (χ3n) is 4.17. The zero-order valence-electron chi connectivity index (χ0n) is 13.5. The van der Waals surface area contributed by atoms with E-state index in [1.54, 1.807) is 12.4 Å². The molecule has 0 aliphatic carbocycles. The van der Waals surface area contributed by atoms with E-state index in [-0.39, 0.29) is 11.8 Å². The number of halogens is 1. The van der Waals surface area contributed by atoms with Crippen molar-refractivity contribution in [3.05, 3.63) is 65.7 Å². The number of amides is 2. The van der Waals surface area contributed by atoms with Crippen LogP contribution in [0.5, 0.6) is 0 Å². The van der Waals surface area contributed by atoms with Crippen molar-refractivity contribution in [2.45, 2.75) is 13.1 Å². The molecule has 126 valence electrons. The average molecular weight is 328 g/mol. The van der Waals surface area contributed by atoms with E-state index in [4.69, 9.17) is 0 Å². The van der Waals surface area contributed by atoms with Crippen LogP contribution in [0.3, 0.4) is 0 Å². The van der Waals surface area contributed by atoms with Gasteiger partial charge in [0.05, 0.1) is 0 Å². The van der Waals surface area contributed by atoms with Crippen LogP contribution in [0.4, 0.5) is 9.18 Å². The summed E-state index contributed by atoms with van der Waals surface area (Å²) in [6.45, 7) is 4.33. The van der Waals surface area contributed by atoms with E-state index in [9.17, 15) is 9.18 Å². The molecule has 2 amide bonds. The number of rotatable bonds is 4. The first-order chi connectivity index (χ1) is 11.7. The largest absolute Gasteiger partial charge is 0.334 e. The standard InChI is InChI=1S/C18H21FN4O/c19-17-3-1-16(2-4-17)14-22-9-11-23(12-10-22)18(24)21-13-15-5-7-20-8-6-15/h1-8H,9-14H2,(H,21,24). The predicted molar refractivity (Wildman–Crippen MR) is 89.7 cm³/mol. The van der Waals surface area contributed by atoms with Crippen LogP contribution in [0.15, 0.2) is 48.8 Å². The number of urea groups is 1. The highest BCUT2D eigenvalue weighted by Gasteiger charge is 2.20. The van der Waals surface area contributed by atoms with Crippen molar-refractivity contribution in [2.75, 3.05) is 26.2 Å². The molecule has 6 heteroatoms. The van der Waals surface area contributed by atoms with Gasteiger partial charge < -0.3 is 10.2 Å². The number of pyridine rings is 1. The Hall–Kier alpha value is -2.47. The number of nitrogens with one attached hydrogen (secondary N) is 1. The summed E-state index contributed by atoms with van der Waals surface area (Å²) in [6.07, 6.45) is 3.44. The van der Waals surface area contributed by atoms with Crippen LogP contribution < -0.4 is 5.32 Å². The summed E-state index contributed by atoms with van der Waals surface area (Å²) in [7, 11) is 0. The molecule has 0 bridgehead atoms. The lowest BCUT2D eigenvalue weighted by Gasteiger charge is -2.34. The molecular weight excluding hydrogens is 307 g/mol. The first-order valence-electron chi connectivity index (χ1n) is 8.09. The van der Waals surface area contributed by atoms with Crippen LogP contribution in [-0.2, 0) is 13.1 Å². The molecule has 0 unspecified atom stereocenters. The maximum atomic E-state index is 12.9. The summed E-state index contributed by atoms with van der Waals surface area (Å²) in [5, 5.41) is 2.94. The fourth-order valence-electron chi connectivity index (χ4n) is 2.75. The van der Waals surface area contributed by atoms with E-state index in [0.29, 0.717) is 19.6 Å². The number of carbonyl (C=O) groups excluding carboxylic acids is 1. The van der Waals surface area contributed by atoms with Crippen LogP contribution in [0.1, 0.15) is 11.1 Å². The summed E-state index contributed by atoms with van der Waals surface area (Å²) in [5.74, 6) is -0.213. The Morgan fingerprint density at radius 1 is 1.00 bits per heavy atom. The van der Waals surface area contributed by atoms with Crippen molar-refractivity contribution in [1.82, 2.24) is 20.1 Å². The van der Waals surface area contributed by atoms with Crippen molar-refractivity contribution < 1.29 is 9.18 Å². The van der Waals surface area contributed by atoms with E-state index in [1.165, 1.54) is 12.1 Å². The van der Waals surface area contributed by atoms with Gasteiger partial charge in [0.1, 0.15) is 5.82 Å². The zero-order chi connectivity index (χ0) is 16.8. The molecule has 0 atom stereocenters. The normalized spacial score (nSPS) is 15.3. The first kappa shape index (κ1) is 16.4. The fourth-order valence-corrected chi connectivity index (χ4v) is 2.75. The Balaban J connectivity index is 1.42. The average Bonchev–Trinajstić information content (AvgIpc) is 2.63. The second-order valence-electron chi connectivity index (χ2n) is 5.90. The second kappa shape index (κ2) is 7.88. The number of piperazine rings is 1. The van der Waals surface area contributed by atoms with E-state index in [2.05, 4.69) is 15.2 Å². The van der Waals surface area contributed by atoms with Crippen molar-refractivity contribution in [1.29, 1.82) is 0 Å². The molecule has 1 saturated heterocycles. The number of carbonyl (C=O) groups is 1. The molecule has 1 aliphatic rings. The van der Waals surface area contributed by atoms with Crippen molar-refractivity contribution in [3.63, 3.8) is 0 Å². The molecule has 3 rings (SSSR count). The minimum atomic E-state index is -0.213. The van der Waals surface area contributed by atoms with Gasteiger partial charge in [0.25, 0.3) is 0 Å². The van der Waals surface area contributed by atoms with Gasteiger partial charge in [0.2, 0.25) is 0 Å². The molecule has 1 aromatic carbocycles. The lowest BCUT2D eigenvalue weighted by Crippen LogP contribution is -2.51. The topological polar surface area (TPSA) is 48.5 Å². The summed E-state index contributed by atoms with van der Waals surface area (Å²) >= 11 is 0. The molecule has 1 N–H and O–H groups in total. The lowest BCUT2D eigenvalue weighted by molar-refractivity contribution is 0.135. The Kier molecular flexibility index (Phi) is 5.38. The summed E-state index contributed by atoms with van der Waals surface area (Å²) in [4.78, 5) is 20.3. The molecule has 1 aliphatic heterocycles. The van der Waals surface area contributed by atoms with Gasteiger partial charge in [-0.3, -0.25) is 9.88 Å². The first-order valence-corrected chi connectivity index (χ1v) is 8.09. The van der Waals surface area contributed by atoms with Gasteiger partial charge in [-0.1, -0.05) is 12.1 Å². The quantitative estimate of drug-likeness (QED) is 0.936. The Labute approximate surface area is 141 Å². The summed E-state index contributed by atoms with van der Waals surface area (Å²) in [6, 6.07) is 10.3. The molecule has 1 fully saturated rings. The zero-order valence-corrected chi connectivity index (χ0v) is 13.5. The van der Waals surface area contributed by atoms with E-state index in [0.717, 1.165) is 30.8 Å². The van der Waals surface area contributed by atoms with E-state index >= 15 is 0 Å². The molecule has 5 nitrogen and oxygen atoms in total. The SMILES string of the molecule is O=C(NCc1ccncc1)N1CCN(Cc2ccc(F)cc2)CC1. The van der Waals surface area contributed by atoms with Gasteiger partial charge in [0, 0.05) is 51.7 Å². The lowest BCUT2D eigenvalue weighted by atomic mass is 10.2. The third-order valence-corrected chi connectivity index (χ3v) is 4.17. The minimum Gasteiger partial charge on any atom is -0.334 e. The summed E-state index contributed by atoms with van der Waals surface area (Å²) in [5.41, 5.74) is 2.13. The van der Waals surface area contributed by atoms with Crippen LogP contribution in [0.2, 0.25) is 0 Å². The number of benzene rings is 1. The monoisotopic (exact) mass is 328 g/mol. The van der Waals surface area contributed by atoms with E-state index < -0.39 is 0 Å². The Morgan fingerprint density at radius 2 is 1.67 bits per heavy atom. The number of nitrogens with zero attached hydrogens (tertiary/aromatic N) is 3. The van der Waals surface area contributed by atoms with Gasteiger partial charge in [-0.2, -0.15) is 0 Å². The number of hydrogen-bond donors (Lipinski definition) is 1. The van der Waals surface area contributed by atoms with Gasteiger partial charge in [-0.15, -0.1) is 0 Å². The fraction of sp³-hybridized carbons (Fsp3) is 0.333. The molecule has 2 heterocycles. The van der Waals surface area contributed by atoms with Crippen molar-refractivity contribution in [3.8, 4) is 0 Å². The van der Waals surface area contributed by atoms with Gasteiger partial charge in [0.15, 0.2) is 0 Å². The molecule has 1 aromatic heterocycles. The van der Waals surface area contributed by atoms with Crippen LogP contribution in [0, 0.1) is 5.82 Å². The molecular formula is C18H21FN4O. The smallest absolute Gasteiger partial charge is 0.317 e. The summed E-state index contributed by atoms with van der Waals surface area (Å²) < 4.78 is 12.9. The Bertz CT molecular complexity index is 654. The highest BCUT2D eigenvalue weighted by Crippen LogP contribution is 2.10. The van der Waals surface area contributed by atoms with Crippen LogP contribution >= 0.6 is 0 Å². The minimum absolute atomic E-state index is 0.0340. The maximum Gasteiger partial charge on any atom is 0.317 e. The predicted octanol–water partition coefficient (Wildman–Crippen LogP) is 2.25. The van der Waals surface area contributed by atoms with E-state index in [1.807, 2.05) is 29.2 Å². The second-order valence-corrected chi connectivity index (χ2v) is 5.90. The van der Waals surface area contributed by atoms with Crippen LogP contribution in [-0.4, -0.2) is 47.0 Å². The van der Waals surface area contributed by atoms with Gasteiger partial charge in [-0.05, 0) is 35.4 Å². The molecule has 2 aromatic rings. The number of hydrogen-bond acceptors (Lipinski definition) is 3. The van der Waals surface area contributed by atoms with Gasteiger partial charge >= 0.3 is 6.03 Å². The number of aromatic nitrogens is 1. The van der Waals surface area contributed by atoms with Crippen molar-refractivity contribution in [2.24, 2.45) is 0 Å². The van der Waals surface area contributed by atoms with Gasteiger partial charge in [-0.25, -0.2) is 9.18 Å². The molecule has 0 spiro atoms. The molecule has 24 heavy (non-hydrogen) atoms. The Morgan fingerprint density at radius 3 is 2.33 bits per heavy atom. The highest BCUT2D eigenvalue weighted by atomic mass is 19.1.